The molecule has 1 heterocycles. The summed E-state index contributed by atoms with van der Waals surface area (Å²) >= 11 is 2.50. The van der Waals surface area contributed by atoms with Gasteiger partial charge in [0.15, 0.2) is 6.61 Å². The van der Waals surface area contributed by atoms with Crippen molar-refractivity contribution < 1.29 is 35.9 Å². The Morgan fingerprint density at radius 3 is 2.46 bits per heavy atom. The van der Waals surface area contributed by atoms with Gasteiger partial charge < -0.3 is 9.47 Å². The van der Waals surface area contributed by atoms with E-state index in [1.165, 1.54) is 22.1 Å². The third-order valence-electron chi connectivity index (χ3n) is 5.86. The Hall–Kier alpha value is -2.28. The van der Waals surface area contributed by atoms with Crippen molar-refractivity contribution in [1.29, 1.82) is 0 Å². The smallest absolute Gasteiger partial charge is 0.416 e. The number of aryl methyl sites for hydroxylation is 2. The lowest BCUT2D eigenvalue weighted by atomic mass is 10.1. The Balaban J connectivity index is 1.77. The molecule has 0 aliphatic rings. The van der Waals surface area contributed by atoms with Crippen LogP contribution in [0.25, 0.3) is 10.1 Å². The molecule has 0 saturated heterocycles. The van der Waals surface area contributed by atoms with Gasteiger partial charge in [-0.1, -0.05) is 13.8 Å². The molecular weight excluding hydrogens is 571 g/mol. The van der Waals surface area contributed by atoms with Crippen LogP contribution in [-0.2, 0) is 25.7 Å². The van der Waals surface area contributed by atoms with Crippen molar-refractivity contribution >= 4 is 49.2 Å². The van der Waals surface area contributed by atoms with Gasteiger partial charge in [-0.15, -0.1) is 23.1 Å². The number of alkyl halides is 3. The highest BCUT2D eigenvalue weighted by Crippen LogP contribution is 2.40. The van der Waals surface area contributed by atoms with E-state index in [9.17, 15) is 26.4 Å². The highest BCUT2D eigenvalue weighted by molar-refractivity contribution is 8.00. The number of thioether (sulfide) groups is 1. The second kappa shape index (κ2) is 12.9. The van der Waals surface area contributed by atoms with Crippen LogP contribution in [0.1, 0.15) is 43.9 Å². The van der Waals surface area contributed by atoms with Gasteiger partial charge in [-0.25, -0.2) is 13.2 Å². The normalized spacial score (nSPS) is 13.2. The molecule has 0 radical (unpaired) electrons. The molecular formula is C27H32F3NO5S3. The van der Waals surface area contributed by atoms with Gasteiger partial charge in [-0.05, 0) is 80.1 Å². The summed E-state index contributed by atoms with van der Waals surface area (Å²) in [5.74, 6) is 0.111. The fraction of sp³-hybridized carbons (Fsp3) is 0.444. The lowest BCUT2D eigenvalue weighted by molar-refractivity contribution is -0.145. The molecule has 1 atom stereocenters. The van der Waals surface area contributed by atoms with Gasteiger partial charge in [0.05, 0.1) is 12.2 Å². The van der Waals surface area contributed by atoms with E-state index in [1.54, 1.807) is 19.9 Å². The lowest BCUT2D eigenvalue weighted by Crippen LogP contribution is -2.36. The van der Waals surface area contributed by atoms with Gasteiger partial charge in [0.1, 0.15) is 9.96 Å². The van der Waals surface area contributed by atoms with Crippen molar-refractivity contribution in [2.75, 3.05) is 26.3 Å². The summed E-state index contributed by atoms with van der Waals surface area (Å²) in [4.78, 5) is 12.5. The number of carbonyl (C=O) groups excluding carboxylic acids is 1. The largest absolute Gasteiger partial charge is 0.482 e. The second-order valence-corrected chi connectivity index (χ2v) is 13.7. The van der Waals surface area contributed by atoms with Crippen LogP contribution < -0.4 is 4.74 Å². The zero-order chi connectivity index (χ0) is 29.0. The number of ether oxygens (including phenoxy) is 2. The molecule has 3 aromatic rings. The van der Waals surface area contributed by atoms with Crippen LogP contribution in [-0.4, -0.2) is 50.2 Å². The van der Waals surface area contributed by atoms with Crippen LogP contribution in [0.4, 0.5) is 13.2 Å². The van der Waals surface area contributed by atoms with E-state index >= 15 is 0 Å². The molecule has 0 bridgehead atoms. The first-order valence-electron chi connectivity index (χ1n) is 12.4. The molecule has 12 heteroatoms. The third-order valence-corrected chi connectivity index (χ3v) is 10.7. The van der Waals surface area contributed by atoms with Gasteiger partial charge in [-0.3, -0.25) is 0 Å². The fourth-order valence-electron chi connectivity index (χ4n) is 4.05. The van der Waals surface area contributed by atoms with Crippen LogP contribution in [0.2, 0.25) is 0 Å². The number of nitrogens with zero attached hydrogens (tertiary/aromatic N) is 1. The summed E-state index contributed by atoms with van der Waals surface area (Å²) in [7, 11) is -3.93. The van der Waals surface area contributed by atoms with Crippen molar-refractivity contribution in [1.82, 2.24) is 4.31 Å². The number of benzene rings is 2. The first-order chi connectivity index (χ1) is 18.3. The van der Waals surface area contributed by atoms with Gasteiger partial charge >= 0.3 is 12.1 Å². The molecule has 2 aromatic carbocycles. The summed E-state index contributed by atoms with van der Waals surface area (Å²) in [6, 6.07) is 8.86. The van der Waals surface area contributed by atoms with Crippen LogP contribution in [0.15, 0.2) is 45.5 Å². The predicted molar refractivity (Wildman–Crippen MR) is 149 cm³/mol. The van der Waals surface area contributed by atoms with E-state index < -0.39 is 27.7 Å². The molecule has 1 unspecified atom stereocenters. The van der Waals surface area contributed by atoms with Crippen molar-refractivity contribution in [3.8, 4) is 5.75 Å². The van der Waals surface area contributed by atoms with E-state index in [4.69, 9.17) is 9.47 Å². The zero-order valence-corrected chi connectivity index (χ0v) is 24.9. The summed E-state index contributed by atoms with van der Waals surface area (Å²) in [6.45, 7) is 9.55. The van der Waals surface area contributed by atoms with Crippen LogP contribution >= 0.6 is 23.1 Å². The number of thiophene rings is 1. The summed E-state index contributed by atoms with van der Waals surface area (Å²) in [5, 5.41) is 0.177. The Morgan fingerprint density at radius 2 is 1.85 bits per heavy atom. The molecule has 0 fully saturated rings. The molecule has 0 spiro atoms. The van der Waals surface area contributed by atoms with Crippen molar-refractivity contribution in [3.63, 3.8) is 0 Å². The average molecular weight is 604 g/mol. The summed E-state index contributed by atoms with van der Waals surface area (Å²) in [5.41, 5.74) is 0.355. The topological polar surface area (TPSA) is 72.9 Å². The van der Waals surface area contributed by atoms with Crippen molar-refractivity contribution in [2.24, 2.45) is 0 Å². The molecule has 0 amide bonds. The minimum absolute atomic E-state index is 0.0708. The number of sulfonamides is 1. The highest BCUT2D eigenvalue weighted by Gasteiger charge is 2.33. The molecule has 214 valence electrons. The number of hydrogen-bond acceptors (Lipinski definition) is 7. The SMILES string of the molecule is CCCN(CC(C)Sc1ccc(OCC(=O)OCC)c(C)c1)S(=O)(=O)c1sc2ccc(C(F)(F)F)cc2c1C. The van der Waals surface area contributed by atoms with Gasteiger partial charge in [-0.2, -0.15) is 17.5 Å². The second-order valence-electron chi connectivity index (χ2n) is 9.04. The van der Waals surface area contributed by atoms with E-state index in [-0.39, 0.29) is 35.8 Å². The van der Waals surface area contributed by atoms with E-state index in [0.717, 1.165) is 33.9 Å². The number of carbonyl (C=O) groups is 1. The number of rotatable bonds is 12. The zero-order valence-electron chi connectivity index (χ0n) is 22.4. The Morgan fingerprint density at radius 1 is 1.13 bits per heavy atom. The van der Waals surface area contributed by atoms with Crippen molar-refractivity contribution in [2.45, 2.75) is 61.6 Å². The van der Waals surface area contributed by atoms with Crippen LogP contribution in [0.5, 0.6) is 5.75 Å². The molecule has 3 rings (SSSR count). The van der Waals surface area contributed by atoms with Gasteiger partial charge in [0, 0.05) is 27.9 Å². The Labute approximate surface area is 235 Å². The van der Waals surface area contributed by atoms with E-state index in [0.29, 0.717) is 27.8 Å². The number of esters is 1. The van der Waals surface area contributed by atoms with E-state index in [1.807, 2.05) is 32.9 Å². The van der Waals surface area contributed by atoms with Crippen LogP contribution in [0, 0.1) is 13.8 Å². The quantitative estimate of drug-likeness (QED) is 0.163. The maximum Gasteiger partial charge on any atom is 0.416 e. The summed E-state index contributed by atoms with van der Waals surface area (Å²) in [6.07, 6.45) is -3.92. The predicted octanol–water partition coefficient (Wildman–Crippen LogP) is 7.06. The maximum absolute atomic E-state index is 13.7. The average Bonchev–Trinajstić information content (AvgIpc) is 3.19. The first kappa shape index (κ1) is 31.3. The molecule has 0 saturated carbocycles. The minimum Gasteiger partial charge on any atom is -0.482 e. The molecule has 0 aliphatic heterocycles. The summed E-state index contributed by atoms with van der Waals surface area (Å²) < 4.78 is 79.5. The molecule has 39 heavy (non-hydrogen) atoms. The van der Waals surface area contributed by atoms with Gasteiger partial charge in [0.25, 0.3) is 10.0 Å². The fourth-order valence-corrected chi connectivity index (χ4v) is 8.76. The third kappa shape index (κ3) is 7.68. The molecule has 0 aliphatic carbocycles. The molecule has 1 aromatic heterocycles. The Bertz CT molecular complexity index is 1420. The standard InChI is InChI=1S/C27H32F3NO5S3/c1-6-12-31(15-18(4)37-21-9-10-23(17(3)13-21)36-16-25(32)35-7-2)39(33,34)26-19(5)22-14-20(27(28,29)30)8-11-24(22)38-26/h8-11,13-14,18H,6-7,12,15-16H2,1-5H3. The van der Waals surface area contributed by atoms with Crippen molar-refractivity contribution in [3.05, 3.63) is 53.1 Å². The highest BCUT2D eigenvalue weighted by atomic mass is 32.2. The Kier molecular flexibility index (Phi) is 10.4. The first-order valence-corrected chi connectivity index (χ1v) is 15.6. The molecule has 0 N–H and O–H groups in total. The number of fused-ring (bicyclic) bond motifs is 1. The number of hydrogen-bond donors (Lipinski definition) is 0. The monoisotopic (exact) mass is 603 g/mol. The number of halogens is 3. The van der Waals surface area contributed by atoms with Crippen LogP contribution in [0.3, 0.4) is 0 Å². The maximum atomic E-state index is 13.7. The minimum atomic E-state index is -4.51. The lowest BCUT2D eigenvalue weighted by Gasteiger charge is -2.24. The van der Waals surface area contributed by atoms with E-state index in [2.05, 4.69) is 0 Å². The van der Waals surface area contributed by atoms with Gasteiger partial charge in [0.2, 0.25) is 0 Å². The molecule has 6 nitrogen and oxygen atoms in total.